The first kappa shape index (κ1) is 30.4. The number of nitrogens with zero attached hydrogens (tertiary/aromatic N) is 1. The average molecular weight is 678 g/mol. The highest BCUT2D eigenvalue weighted by molar-refractivity contribution is 6.01. The zero-order valence-corrected chi connectivity index (χ0v) is 30.0. The van der Waals surface area contributed by atoms with Gasteiger partial charge in [-0.25, -0.2) is 0 Å². The van der Waals surface area contributed by atoms with E-state index < -0.39 is 5.41 Å². The van der Waals surface area contributed by atoms with Gasteiger partial charge in [-0.15, -0.1) is 0 Å². The van der Waals surface area contributed by atoms with Crippen LogP contribution in [-0.4, -0.2) is 0 Å². The molecule has 0 N–H and O–H groups in total. The average Bonchev–Trinajstić information content (AvgIpc) is 3.78. The third-order valence-corrected chi connectivity index (χ3v) is 12.8. The fraction of sp³-hybridized carbons (Fsp3) is 0.115. The minimum Gasteiger partial charge on any atom is -0.310 e. The Balaban J connectivity index is 1.21. The third-order valence-electron chi connectivity index (χ3n) is 12.8. The van der Waals surface area contributed by atoms with Crippen molar-refractivity contribution < 1.29 is 0 Å². The molecule has 4 aliphatic carbocycles. The van der Waals surface area contributed by atoms with Crippen molar-refractivity contribution in [3.8, 4) is 33.4 Å². The van der Waals surface area contributed by atoms with Crippen LogP contribution in [0.15, 0.2) is 194 Å². The summed E-state index contributed by atoms with van der Waals surface area (Å²) in [5.41, 5.74) is 19.3. The summed E-state index contributed by atoms with van der Waals surface area (Å²) in [5, 5.41) is 0. The quantitative estimate of drug-likeness (QED) is 0.179. The van der Waals surface area contributed by atoms with Crippen molar-refractivity contribution >= 4 is 11.4 Å². The van der Waals surface area contributed by atoms with Crippen molar-refractivity contribution in [3.05, 3.63) is 227 Å². The maximum Gasteiger partial charge on any atom is 0.0726 e. The largest absolute Gasteiger partial charge is 0.310 e. The summed E-state index contributed by atoms with van der Waals surface area (Å²) in [5.74, 6) is 0.684. The minimum atomic E-state index is -0.406. The minimum absolute atomic E-state index is 0.00551. The predicted octanol–water partition coefficient (Wildman–Crippen LogP) is 13.0. The van der Waals surface area contributed by atoms with Gasteiger partial charge >= 0.3 is 0 Å². The molecule has 2 atom stereocenters. The van der Waals surface area contributed by atoms with Gasteiger partial charge in [0.2, 0.25) is 0 Å². The Bertz CT molecular complexity index is 2630. The fourth-order valence-electron chi connectivity index (χ4n) is 10.6. The maximum atomic E-state index is 2.59. The molecule has 0 heterocycles. The molecule has 1 heteroatoms. The van der Waals surface area contributed by atoms with Gasteiger partial charge in [-0.2, -0.15) is 0 Å². The number of anilines is 2. The molecular weight excluding hydrogens is 639 g/mol. The molecule has 11 rings (SSSR count). The first-order valence-electron chi connectivity index (χ1n) is 19.0. The molecule has 0 aliphatic heterocycles. The monoisotopic (exact) mass is 677 g/mol. The second-order valence-electron chi connectivity index (χ2n) is 15.6. The van der Waals surface area contributed by atoms with Gasteiger partial charge in [0, 0.05) is 22.7 Å². The molecule has 4 aliphatic rings. The molecule has 252 valence electrons. The lowest BCUT2D eigenvalue weighted by molar-refractivity contribution is 0.392. The molecule has 1 spiro atoms. The molecule has 0 saturated heterocycles. The summed E-state index contributed by atoms with van der Waals surface area (Å²) in [4.78, 5) is 2.58. The summed E-state index contributed by atoms with van der Waals surface area (Å²) >= 11 is 0. The van der Waals surface area contributed by atoms with Crippen molar-refractivity contribution in [1.29, 1.82) is 0 Å². The highest BCUT2D eigenvalue weighted by atomic mass is 15.2. The number of fused-ring (bicyclic) bond motifs is 13. The Morgan fingerprint density at radius 2 is 0.981 bits per heavy atom. The van der Waals surface area contributed by atoms with Crippen LogP contribution >= 0.6 is 0 Å². The highest BCUT2D eigenvalue weighted by Crippen LogP contribution is 2.65. The summed E-state index contributed by atoms with van der Waals surface area (Å²) in [6, 6.07) is 63.3. The van der Waals surface area contributed by atoms with E-state index in [1.807, 2.05) is 0 Å². The molecule has 0 fully saturated rings. The Labute approximate surface area is 312 Å². The van der Waals surface area contributed by atoms with E-state index in [1.165, 1.54) is 83.8 Å². The maximum absolute atomic E-state index is 2.59. The lowest BCUT2D eigenvalue weighted by Crippen LogP contribution is -2.28. The number of benzene rings is 7. The van der Waals surface area contributed by atoms with E-state index in [0.29, 0.717) is 11.8 Å². The number of allylic oxidation sites excluding steroid dienone is 3. The topological polar surface area (TPSA) is 3.24 Å². The molecular formula is C52H39N. The summed E-state index contributed by atoms with van der Waals surface area (Å²) in [6.07, 6.45) is 7.47. The second-order valence-corrected chi connectivity index (χ2v) is 15.6. The van der Waals surface area contributed by atoms with Crippen LogP contribution < -0.4 is 4.90 Å². The molecule has 0 radical (unpaired) electrons. The van der Waals surface area contributed by atoms with E-state index in [4.69, 9.17) is 0 Å². The van der Waals surface area contributed by atoms with Gasteiger partial charge < -0.3 is 4.90 Å². The van der Waals surface area contributed by atoms with Crippen LogP contribution in [0.1, 0.15) is 53.1 Å². The second kappa shape index (κ2) is 11.2. The molecule has 0 aromatic heterocycles. The van der Waals surface area contributed by atoms with Crippen LogP contribution in [0.2, 0.25) is 0 Å². The summed E-state index contributed by atoms with van der Waals surface area (Å²) < 4.78 is 0. The lowest BCUT2D eigenvalue weighted by Gasteiger charge is -2.36. The number of rotatable bonds is 4. The zero-order valence-electron chi connectivity index (χ0n) is 30.0. The molecule has 0 amide bonds. The van der Waals surface area contributed by atoms with E-state index in [0.717, 1.165) is 0 Å². The van der Waals surface area contributed by atoms with Crippen LogP contribution in [0, 0.1) is 5.92 Å². The van der Waals surface area contributed by atoms with E-state index in [1.54, 1.807) is 0 Å². The van der Waals surface area contributed by atoms with Crippen LogP contribution in [0.25, 0.3) is 33.4 Å². The lowest BCUT2D eigenvalue weighted by atomic mass is 9.70. The van der Waals surface area contributed by atoms with E-state index in [2.05, 4.69) is 207 Å². The Morgan fingerprint density at radius 1 is 0.453 bits per heavy atom. The molecule has 7 aromatic rings. The van der Waals surface area contributed by atoms with Gasteiger partial charge in [0.25, 0.3) is 0 Å². The van der Waals surface area contributed by atoms with Crippen molar-refractivity contribution in [2.45, 2.75) is 30.6 Å². The standard InChI is InChI=1S/C52H39N/c1-51(2)42-24-11-6-20-37(42)40-32-31-35(33-47(40)51)53(48-29-15-10-19-36(48)34-17-4-3-5-18-34)49-30-16-28-46-50(49)41-23-9-14-27-45(41)52(46)43-25-12-7-21-38(43)39-22-8-13-26-44(39)52/h3-33,40,47H,1-2H3. The molecule has 0 saturated carbocycles. The Morgan fingerprint density at radius 3 is 1.70 bits per heavy atom. The predicted molar refractivity (Wildman–Crippen MR) is 220 cm³/mol. The van der Waals surface area contributed by atoms with Crippen molar-refractivity contribution in [2.75, 3.05) is 4.90 Å². The van der Waals surface area contributed by atoms with Gasteiger partial charge in [-0.05, 0) is 85.2 Å². The summed E-state index contributed by atoms with van der Waals surface area (Å²) in [7, 11) is 0. The van der Waals surface area contributed by atoms with Crippen molar-refractivity contribution in [3.63, 3.8) is 0 Å². The van der Waals surface area contributed by atoms with Gasteiger partial charge in [-0.3, -0.25) is 0 Å². The van der Waals surface area contributed by atoms with E-state index >= 15 is 0 Å². The van der Waals surface area contributed by atoms with Crippen molar-refractivity contribution in [2.24, 2.45) is 5.92 Å². The van der Waals surface area contributed by atoms with Gasteiger partial charge in [0.15, 0.2) is 0 Å². The van der Waals surface area contributed by atoms with E-state index in [9.17, 15) is 0 Å². The number of para-hydroxylation sites is 1. The summed E-state index contributed by atoms with van der Waals surface area (Å²) in [6.45, 7) is 4.86. The number of hydrogen-bond acceptors (Lipinski definition) is 1. The molecule has 53 heavy (non-hydrogen) atoms. The molecule has 2 unspecified atom stereocenters. The van der Waals surface area contributed by atoms with Crippen LogP contribution in [0.5, 0.6) is 0 Å². The first-order valence-corrected chi connectivity index (χ1v) is 19.0. The normalized spacial score (nSPS) is 18.7. The Hall–Kier alpha value is -6.18. The fourth-order valence-corrected chi connectivity index (χ4v) is 10.6. The molecule has 0 bridgehead atoms. The molecule has 7 aromatic carbocycles. The van der Waals surface area contributed by atoms with Crippen LogP contribution in [0.4, 0.5) is 11.4 Å². The van der Waals surface area contributed by atoms with Crippen molar-refractivity contribution in [1.82, 2.24) is 0 Å². The highest BCUT2D eigenvalue weighted by Gasteiger charge is 2.52. The smallest absolute Gasteiger partial charge is 0.0726 e. The number of hydrogen-bond donors (Lipinski definition) is 0. The van der Waals surface area contributed by atoms with Gasteiger partial charge in [0.05, 0.1) is 16.8 Å². The zero-order chi connectivity index (χ0) is 35.3. The van der Waals surface area contributed by atoms with Gasteiger partial charge in [-0.1, -0.05) is 184 Å². The van der Waals surface area contributed by atoms with Gasteiger partial charge in [0.1, 0.15) is 0 Å². The molecule has 1 nitrogen and oxygen atoms in total. The Kier molecular flexibility index (Phi) is 6.41. The van der Waals surface area contributed by atoms with Crippen LogP contribution in [-0.2, 0) is 10.8 Å². The van der Waals surface area contributed by atoms with Crippen LogP contribution in [0.3, 0.4) is 0 Å². The SMILES string of the molecule is CC1(C)c2ccccc2C2C=CC(N(c3ccccc3-c3ccccc3)c3cccc4c3-c3ccccc3C43c4ccccc4-c4ccccc43)=CC21. The first-order chi connectivity index (χ1) is 26.1. The third kappa shape index (κ3) is 4.03. The van der Waals surface area contributed by atoms with E-state index in [-0.39, 0.29) is 5.41 Å².